The molecule has 5 nitrogen and oxygen atoms in total. The molecule has 0 radical (unpaired) electrons. The zero-order valence-electron chi connectivity index (χ0n) is 19.7. The van der Waals surface area contributed by atoms with Gasteiger partial charge in [0.1, 0.15) is 18.2 Å². The molecule has 0 N–H and O–H groups in total. The number of rotatable bonds is 6. The van der Waals surface area contributed by atoms with Crippen LogP contribution in [0.3, 0.4) is 0 Å². The Morgan fingerprint density at radius 1 is 0.943 bits per heavy atom. The Hall–Kier alpha value is -4.12. The van der Waals surface area contributed by atoms with E-state index in [0.717, 1.165) is 39.2 Å². The van der Waals surface area contributed by atoms with Gasteiger partial charge < -0.3 is 14.2 Å². The lowest BCUT2D eigenvalue weighted by atomic mass is 10.1. The topological polar surface area (TPSA) is 47.4 Å². The van der Waals surface area contributed by atoms with E-state index in [1.165, 1.54) is 5.39 Å². The Balaban J connectivity index is 1.28. The summed E-state index contributed by atoms with van der Waals surface area (Å²) in [6.45, 7) is 3.87. The molecule has 1 saturated heterocycles. The number of aryl methyl sites for hydroxylation is 1. The summed E-state index contributed by atoms with van der Waals surface area (Å²) in [5, 5.41) is 2.28. The fraction of sp³-hybridized carbons (Fsp3) is 0.200. The molecule has 1 aromatic heterocycles. The predicted octanol–water partition coefficient (Wildman–Crippen LogP) is 6.10. The Kier molecular flexibility index (Phi) is 5.45. The Morgan fingerprint density at radius 2 is 1.74 bits per heavy atom. The molecule has 0 saturated carbocycles. The van der Waals surface area contributed by atoms with E-state index in [4.69, 9.17) is 9.72 Å². The van der Waals surface area contributed by atoms with Crippen molar-refractivity contribution in [3.63, 3.8) is 0 Å². The summed E-state index contributed by atoms with van der Waals surface area (Å²) in [5.41, 5.74) is 4.13. The van der Waals surface area contributed by atoms with Gasteiger partial charge in [-0.2, -0.15) is 0 Å². The number of ether oxygens (including phenoxy) is 1. The van der Waals surface area contributed by atoms with Crippen molar-refractivity contribution >= 4 is 33.4 Å². The van der Waals surface area contributed by atoms with Gasteiger partial charge in [-0.05, 0) is 48.2 Å². The minimum atomic E-state index is 0.0352. The van der Waals surface area contributed by atoms with Crippen LogP contribution in [0.15, 0.2) is 91.0 Å². The summed E-state index contributed by atoms with van der Waals surface area (Å²) < 4.78 is 8.49. The lowest BCUT2D eigenvalue weighted by molar-refractivity contribution is -0.117. The Labute approximate surface area is 204 Å². The molecular weight excluding hydrogens is 434 g/mol. The van der Waals surface area contributed by atoms with Crippen molar-refractivity contribution in [2.24, 2.45) is 0 Å². The van der Waals surface area contributed by atoms with Crippen molar-refractivity contribution in [1.82, 2.24) is 9.55 Å². The number of hydrogen-bond donors (Lipinski definition) is 0. The zero-order chi connectivity index (χ0) is 23.8. The van der Waals surface area contributed by atoms with Crippen LogP contribution in [0, 0.1) is 6.92 Å². The first-order chi connectivity index (χ1) is 17.2. The molecule has 5 heteroatoms. The molecule has 1 aliphatic rings. The molecule has 35 heavy (non-hydrogen) atoms. The highest BCUT2D eigenvalue weighted by molar-refractivity contribution is 5.96. The number of carbonyl (C=O) groups is 1. The van der Waals surface area contributed by atoms with Crippen LogP contribution in [0.5, 0.6) is 5.75 Å². The minimum Gasteiger partial charge on any atom is -0.491 e. The SMILES string of the molecule is Cc1cccc(N2CC(c3nc4ccccc4n3CCOc3cccc4ccccc34)CC2=O)c1. The summed E-state index contributed by atoms with van der Waals surface area (Å²) in [4.78, 5) is 19.9. The van der Waals surface area contributed by atoms with Gasteiger partial charge in [0, 0.05) is 30.0 Å². The van der Waals surface area contributed by atoms with Gasteiger partial charge in [0.2, 0.25) is 5.91 Å². The van der Waals surface area contributed by atoms with Crippen molar-refractivity contribution in [2.45, 2.75) is 25.8 Å². The molecule has 1 aliphatic heterocycles. The van der Waals surface area contributed by atoms with Crippen molar-refractivity contribution in [3.8, 4) is 5.75 Å². The molecule has 4 aromatic carbocycles. The van der Waals surface area contributed by atoms with Gasteiger partial charge in [-0.3, -0.25) is 4.79 Å². The molecule has 174 valence electrons. The van der Waals surface area contributed by atoms with E-state index in [1.54, 1.807) is 0 Å². The maximum Gasteiger partial charge on any atom is 0.227 e. The molecule has 0 bridgehead atoms. The van der Waals surface area contributed by atoms with Crippen LogP contribution in [-0.2, 0) is 11.3 Å². The highest BCUT2D eigenvalue weighted by atomic mass is 16.5. The largest absolute Gasteiger partial charge is 0.491 e. The average molecular weight is 462 g/mol. The summed E-state index contributed by atoms with van der Waals surface area (Å²) >= 11 is 0. The third-order valence-electron chi connectivity index (χ3n) is 6.81. The van der Waals surface area contributed by atoms with E-state index in [0.29, 0.717) is 26.1 Å². The first-order valence-electron chi connectivity index (χ1n) is 12.1. The number of imidazole rings is 1. The molecule has 1 atom stereocenters. The molecule has 6 rings (SSSR count). The number of fused-ring (bicyclic) bond motifs is 2. The molecule has 1 fully saturated rings. The van der Waals surface area contributed by atoms with Gasteiger partial charge in [-0.1, -0.05) is 60.7 Å². The molecule has 0 spiro atoms. The van der Waals surface area contributed by atoms with Crippen LogP contribution in [0.4, 0.5) is 5.69 Å². The van der Waals surface area contributed by atoms with Gasteiger partial charge in [0.05, 0.1) is 17.6 Å². The second-order valence-corrected chi connectivity index (χ2v) is 9.18. The number of anilines is 1. The molecule has 0 aliphatic carbocycles. The molecule has 1 unspecified atom stereocenters. The van der Waals surface area contributed by atoms with Gasteiger partial charge in [-0.25, -0.2) is 4.98 Å². The van der Waals surface area contributed by atoms with Crippen LogP contribution >= 0.6 is 0 Å². The van der Waals surface area contributed by atoms with Gasteiger partial charge >= 0.3 is 0 Å². The number of para-hydroxylation sites is 2. The van der Waals surface area contributed by atoms with Crippen molar-refractivity contribution in [3.05, 3.63) is 102 Å². The monoisotopic (exact) mass is 461 g/mol. The van der Waals surface area contributed by atoms with Crippen LogP contribution in [0.25, 0.3) is 21.8 Å². The normalized spacial score (nSPS) is 15.9. The van der Waals surface area contributed by atoms with E-state index < -0.39 is 0 Å². The average Bonchev–Trinajstić information content (AvgIpc) is 3.45. The Morgan fingerprint density at radius 3 is 2.66 bits per heavy atom. The first-order valence-corrected chi connectivity index (χ1v) is 12.1. The van der Waals surface area contributed by atoms with E-state index in [1.807, 2.05) is 59.5 Å². The van der Waals surface area contributed by atoms with E-state index in [2.05, 4.69) is 47.9 Å². The number of nitrogens with zero attached hydrogens (tertiary/aromatic N) is 3. The van der Waals surface area contributed by atoms with Gasteiger partial charge in [0.15, 0.2) is 0 Å². The third kappa shape index (κ3) is 4.03. The smallest absolute Gasteiger partial charge is 0.227 e. The quantitative estimate of drug-likeness (QED) is 0.307. The highest BCUT2D eigenvalue weighted by Gasteiger charge is 2.34. The first kappa shape index (κ1) is 21.4. The lowest BCUT2D eigenvalue weighted by Gasteiger charge is -2.18. The Bertz CT molecular complexity index is 1530. The van der Waals surface area contributed by atoms with Crippen LogP contribution in [0.1, 0.15) is 23.7 Å². The maximum absolute atomic E-state index is 13.0. The highest BCUT2D eigenvalue weighted by Crippen LogP contribution is 2.33. The summed E-state index contributed by atoms with van der Waals surface area (Å²) in [7, 11) is 0. The second-order valence-electron chi connectivity index (χ2n) is 9.18. The number of amides is 1. The van der Waals surface area contributed by atoms with Gasteiger partial charge in [-0.15, -0.1) is 0 Å². The fourth-order valence-electron chi connectivity index (χ4n) is 5.14. The van der Waals surface area contributed by atoms with Crippen LogP contribution < -0.4 is 9.64 Å². The number of hydrogen-bond acceptors (Lipinski definition) is 3. The standard InChI is InChI=1S/C30H27N3O2/c1-21-8-6-11-24(18-21)33-20-23(19-29(33)34)30-31-26-13-4-5-14-27(26)32(30)16-17-35-28-15-7-10-22-9-2-3-12-25(22)28/h2-15,18,23H,16-17,19-20H2,1H3. The molecule has 2 heterocycles. The van der Waals surface area contributed by atoms with Crippen molar-refractivity contribution in [2.75, 3.05) is 18.1 Å². The maximum atomic E-state index is 13.0. The lowest BCUT2D eigenvalue weighted by Crippen LogP contribution is -2.24. The van der Waals surface area contributed by atoms with Crippen molar-refractivity contribution in [1.29, 1.82) is 0 Å². The second kappa shape index (κ2) is 8.91. The number of carbonyl (C=O) groups excluding carboxylic acids is 1. The van der Waals surface area contributed by atoms with Crippen LogP contribution in [0.2, 0.25) is 0 Å². The van der Waals surface area contributed by atoms with E-state index in [9.17, 15) is 4.79 Å². The van der Waals surface area contributed by atoms with Gasteiger partial charge in [0.25, 0.3) is 0 Å². The van der Waals surface area contributed by atoms with E-state index >= 15 is 0 Å². The molecule has 5 aromatic rings. The summed E-state index contributed by atoms with van der Waals surface area (Å²) in [5.74, 6) is 2.02. The van der Waals surface area contributed by atoms with Crippen LogP contribution in [-0.4, -0.2) is 28.6 Å². The molecule has 1 amide bonds. The zero-order valence-corrected chi connectivity index (χ0v) is 19.7. The summed E-state index contributed by atoms with van der Waals surface area (Å²) in [6.07, 6.45) is 0.460. The fourth-order valence-corrected chi connectivity index (χ4v) is 5.14. The third-order valence-corrected chi connectivity index (χ3v) is 6.81. The number of aromatic nitrogens is 2. The minimum absolute atomic E-state index is 0.0352. The van der Waals surface area contributed by atoms with Crippen molar-refractivity contribution < 1.29 is 9.53 Å². The summed E-state index contributed by atoms with van der Waals surface area (Å²) in [6, 6.07) is 30.7. The van der Waals surface area contributed by atoms with E-state index in [-0.39, 0.29) is 11.8 Å². The molecular formula is C30H27N3O2. The predicted molar refractivity (Wildman–Crippen MR) is 140 cm³/mol. The number of benzene rings is 4.